The van der Waals surface area contributed by atoms with Crippen molar-refractivity contribution in [2.45, 2.75) is 59.0 Å². The molecule has 0 spiro atoms. The summed E-state index contributed by atoms with van der Waals surface area (Å²) in [5.41, 5.74) is 0. The fourth-order valence-corrected chi connectivity index (χ4v) is 1.55. The summed E-state index contributed by atoms with van der Waals surface area (Å²) in [6, 6.07) is 0. The SMILES string of the molecule is C1CCOCC1.CCB(CC)CC. The number of hydrogen-bond acceptors (Lipinski definition) is 1. The van der Waals surface area contributed by atoms with Gasteiger partial charge in [-0.05, 0) is 19.3 Å². The van der Waals surface area contributed by atoms with Crippen LogP contribution in [0.5, 0.6) is 0 Å². The van der Waals surface area contributed by atoms with E-state index >= 15 is 0 Å². The second kappa shape index (κ2) is 10.1. The van der Waals surface area contributed by atoms with Gasteiger partial charge in [-0.1, -0.05) is 39.7 Å². The summed E-state index contributed by atoms with van der Waals surface area (Å²) in [6.45, 7) is 9.77. The lowest BCUT2D eigenvalue weighted by molar-refractivity contribution is 0.0968. The fourth-order valence-electron chi connectivity index (χ4n) is 1.55. The average Bonchev–Trinajstić information content (AvgIpc) is 2.24. The van der Waals surface area contributed by atoms with Crippen LogP contribution in [0.4, 0.5) is 0 Å². The zero-order valence-corrected chi connectivity index (χ0v) is 9.64. The number of rotatable bonds is 3. The molecule has 0 saturated carbocycles. The Labute approximate surface area is 84.3 Å². The zero-order chi connectivity index (χ0) is 9.94. The van der Waals surface area contributed by atoms with E-state index < -0.39 is 0 Å². The molecule has 0 radical (unpaired) electrons. The minimum atomic E-state index is 0.986. The molecule has 0 unspecified atom stereocenters. The third-order valence-corrected chi connectivity index (χ3v) is 2.81. The normalized spacial score (nSPS) is 15.9. The van der Waals surface area contributed by atoms with Gasteiger partial charge in [0.05, 0.1) is 0 Å². The molecular weight excluding hydrogens is 159 g/mol. The summed E-state index contributed by atoms with van der Waals surface area (Å²) in [5, 5.41) is 0. The van der Waals surface area contributed by atoms with Crippen LogP contribution in [0.1, 0.15) is 40.0 Å². The van der Waals surface area contributed by atoms with E-state index in [0.29, 0.717) is 0 Å². The van der Waals surface area contributed by atoms with Gasteiger partial charge >= 0.3 is 0 Å². The van der Waals surface area contributed by atoms with Crippen LogP contribution in [0.15, 0.2) is 0 Å². The Hall–Kier alpha value is 0.0249. The van der Waals surface area contributed by atoms with E-state index in [1.54, 1.807) is 0 Å². The molecule has 0 atom stereocenters. The summed E-state index contributed by atoms with van der Waals surface area (Å²) in [5.74, 6) is 0. The third kappa shape index (κ3) is 8.36. The minimum absolute atomic E-state index is 0.986. The molecule has 1 aliphatic heterocycles. The van der Waals surface area contributed by atoms with E-state index in [-0.39, 0.29) is 0 Å². The molecule has 1 heterocycles. The molecule has 13 heavy (non-hydrogen) atoms. The van der Waals surface area contributed by atoms with Gasteiger partial charge in [-0.2, -0.15) is 0 Å². The molecule has 0 bridgehead atoms. The highest BCUT2D eigenvalue weighted by atomic mass is 16.5. The second-order valence-electron chi connectivity index (χ2n) is 3.76. The molecule has 0 aromatic carbocycles. The summed E-state index contributed by atoms with van der Waals surface area (Å²) >= 11 is 0. The van der Waals surface area contributed by atoms with Gasteiger partial charge in [0, 0.05) is 13.2 Å². The molecular formula is C11H25BO. The van der Waals surface area contributed by atoms with Gasteiger partial charge in [0.1, 0.15) is 6.71 Å². The monoisotopic (exact) mass is 184 g/mol. The van der Waals surface area contributed by atoms with Gasteiger partial charge in [0.2, 0.25) is 0 Å². The maximum Gasteiger partial charge on any atom is 0.139 e. The van der Waals surface area contributed by atoms with Crippen LogP contribution in [0.25, 0.3) is 0 Å². The summed E-state index contributed by atoms with van der Waals surface area (Å²) in [7, 11) is 0. The highest BCUT2D eigenvalue weighted by Gasteiger charge is 2.01. The van der Waals surface area contributed by atoms with Gasteiger partial charge in [-0.25, -0.2) is 0 Å². The largest absolute Gasteiger partial charge is 0.381 e. The van der Waals surface area contributed by atoms with Crippen LogP contribution < -0.4 is 0 Å². The predicted octanol–water partition coefficient (Wildman–Crippen LogP) is 3.73. The highest BCUT2D eigenvalue weighted by molar-refractivity contribution is 6.58. The molecule has 0 aliphatic carbocycles. The molecule has 0 aromatic rings. The van der Waals surface area contributed by atoms with Crippen molar-refractivity contribution >= 4 is 6.71 Å². The van der Waals surface area contributed by atoms with E-state index in [0.717, 1.165) is 19.9 Å². The molecule has 0 aromatic heterocycles. The van der Waals surface area contributed by atoms with Crippen LogP contribution in [-0.4, -0.2) is 19.9 Å². The first-order valence-corrected chi connectivity index (χ1v) is 5.92. The third-order valence-electron chi connectivity index (χ3n) is 2.81. The van der Waals surface area contributed by atoms with Gasteiger partial charge in [0.25, 0.3) is 0 Å². The lowest BCUT2D eigenvalue weighted by atomic mass is 9.44. The molecule has 0 N–H and O–H groups in total. The van der Waals surface area contributed by atoms with E-state index in [2.05, 4.69) is 20.8 Å². The number of hydrogen-bond donors (Lipinski definition) is 0. The van der Waals surface area contributed by atoms with E-state index in [1.807, 2.05) is 0 Å². The smallest absolute Gasteiger partial charge is 0.139 e. The predicted molar refractivity (Wildman–Crippen MR) is 61.9 cm³/mol. The first-order chi connectivity index (χ1) is 6.35. The van der Waals surface area contributed by atoms with E-state index in [9.17, 15) is 0 Å². The van der Waals surface area contributed by atoms with Crippen molar-refractivity contribution < 1.29 is 4.74 Å². The van der Waals surface area contributed by atoms with Crippen molar-refractivity contribution in [3.63, 3.8) is 0 Å². The molecule has 78 valence electrons. The van der Waals surface area contributed by atoms with Crippen molar-refractivity contribution in [1.29, 1.82) is 0 Å². The lowest BCUT2D eigenvalue weighted by Crippen LogP contribution is -2.04. The summed E-state index contributed by atoms with van der Waals surface area (Å²) in [4.78, 5) is 0. The van der Waals surface area contributed by atoms with Crippen molar-refractivity contribution in [2.75, 3.05) is 13.2 Å². The van der Waals surface area contributed by atoms with Crippen LogP contribution in [0.3, 0.4) is 0 Å². The Balaban J connectivity index is 0.000000223. The molecule has 0 amide bonds. The van der Waals surface area contributed by atoms with Crippen molar-refractivity contribution in [2.24, 2.45) is 0 Å². The number of ether oxygens (including phenoxy) is 1. The molecule has 2 heteroatoms. The Bertz CT molecular complexity index is 71.1. The standard InChI is InChI=1S/C6H15B.C5H10O/c1-4-7(5-2)6-3;1-2-4-6-5-3-1/h4-6H2,1-3H3;1-5H2. The maximum absolute atomic E-state index is 5.07. The molecule has 1 rings (SSSR count). The quantitative estimate of drug-likeness (QED) is 0.607. The Morgan fingerprint density at radius 3 is 1.38 bits per heavy atom. The minimum Gasteiger partial charge on any atom is -0.381 e. The van der Waals surface area contributed by atoms with Crippen molar-refractivity contribution in [1.82, 2.24) is 0 Å². The van der Waals surface area contributed by atoms with Gasteiger partial charge in [0.15, 0.2) is 0 Å². The van der Waals surface area contributed by atoms with Crippen LogP contribution in [0, 0.1) is 0 Å². The molecule has 1 aliphatic rings. The van der Waals surface area contributed by atoms with E-state index in [1.165, 1.54) is 38.2 Å². The Morgan fingerprint density at radius 1 is 0.846 bits per heavy atom. The van der Waals surface area contributed by atoms with Gasteiger partial charge in [-0.3, -0.25) is 0 Å². The lowest BCUT2D eigenvalue weighted by Gasteiger charge is -2.08. The summed E-state index contributed by atoms with van der Waals surface area (Å²) in [6.07, 6.45) is 7.99. The molecule has 1 saturated heterocycles. The van der Waals surface area contributed by atoms with Gasteiger partial charge in [-0.15, -0.1) is 0 Å². The van der Waals surface area contributed by atoms with Crippen molar-refractivity contribution in [3.8, 4) is 0 Å². The second-order valence-corrected chi connectivity index (χ2v) is 3.76. The van der Waals surface area contributed by atoms with E-state index in [4.69, 9.17) is 4.74 Å². The summed E-state index contributed by atoms with van der Waals surface area (Å²) < 4.78 is 5.07. The first kappa shape index (κ1) is 13.0. The molecule has 1 nitrogen and oxygen atoms in total. The molecule has 1 fully saturated rings. The van der Waals surface area contributed by atoms with Crippen LogP contribution >= 0.6 is 0 Å². The first-order valence-electron chi connectivity index (χ1n) is 5.92. The fraction of sp³-hybridized carbons (Fsp3) is 1.00. The van der Waals surface area contributed by atoms with Gasteiger partial charge < -0.3 is 4.74 Å². The topological polar surface area (TPSA) is 9.23 Å². The Morgan fingerprint density at radius 2 is 1.31 bits per heavy atom. The highest BCUT2D eigenvalue weighted by Crippen LogP contribution is 2.02. The van der Waals surface area contributed by atoms with Crippen LogP contribution in [-0.2, 0) is 4.74 Å². The average molecular weight is 184 g/mol. The maximum atomic E-state index is 5.07. The zero-order valence-electron chi connectivity index (χ0n) is 9.64. The van der Waals surface area contributed by atoms with Crippen molar-refractivity contribution in [3.05, 3.63) is 0 Å². The van der Waals surface area contributed by atoms with Crippen LogP contribution in [0.2, 0.25) is 19.0 Å². The Kier molecular flexibility index (Phi) is 10.1.